The number of alkyl halides is 1. The van der Waals surface area contributed by atoms with Gasteiger partial charge < -0.3 is 4.74 Å². The van der Waals surface area contributed by atoms with Gasteiger partial charge in [-0.15, -0.1) is 24.2 Å². The van der Waals surface area contributed by atoms with Gasteiger partial charge >= 0.3 is 5.97 Å². The molecule has 0 radical (unpaired) electrons. The van der Waals surface area contributed by atoms with Crippen LogP contribution >= 0.6 is 24.2 Å². The summed E-state index contributed by atoms with van der Waals surface area (Å²) >= 11 is 9.81. The second-order valence-corrected chi connectivity index (χ2v) is 3.52. The van der Waals surface area contributed by atoms with Gasteiger partial charge in [-0.3, -0.25) is 0 Å². The second-order valence-electron chi connectivity index (χ2n) is 2.77. The Bertz CT molecular complexity index is 440. The number of rotatable bonds is 2. The third-order valence-electron chi connectivity index (χ3n) is 1.86. The molecule has 0 bridgehead atoms. The van der Waals surface area contributed by atoms with E-state index in [1.807, 2.05) is 6.07 Å². The summed E-state index contributed by atoms with van der Waals surface area (Å²) in [5.41, 5.74) is 1.28. The molecular formula is C10H8ClNO2S. The normalized spacial score (nSPS) is 9.47. The first-order chi connectivity index (χ1) is 7.13. The molecule has 5 heteroatoms. The zero-order valence-corrected chi connectivity index (χ0v) is 9.60. The van der Waals surface area contributed by atoms with Crippen LogP contribution in [0, 0.1) is 11.3 Å². The Labute approximate surface area is 98.0 Å². The fraction of sp³-hybridized carbons (Fsp3) is 0.200. The van der Waals surface area contributed by atoms with Gasteiger partial charge in [0.25, 0.3) is 0 Å². The first-order valence-electron chi connectivity index (χ1n) is 4.04. The van der Waals surface area contributed by atoms with E-state index < -0.39 is 5.97 Å². The number of methoxy groups -OCH3 is 1. The predicted octanol–water partition coefficient (Wildman–Crippen LogP) is 2.37. The van der Waals surface area contributed by atoms with Crippen molar-refractivity contribution >= 4 is 30.2 Å². The maximum Gasteiger partial charge on any atom is 0.339 e. The summed E-state index contributed by atoms with van der Waals surface area (Å²) in [4.78, 5) is 11.8. The lowest BCUT2D eigenvalue weighted by Crippen LogP contribution is -2.06. The number of carbonyl (C=O) groups is 1. The Morgan fingerprint density at radius 3 is 2.80 bits per heavy atom. The molecule has 0 aromatic heterocycles. The number of halogens is 1. The second kappa shape index (κ2) is 5.06. The zero-order chi connectivity index (χ0) is 11.4. The highest BCUT2D eigenvalue weighted by Crippen LogP contribution is 2.23. The Kier molecular flexibility index (Phi) is 4.01. The SMILES string of the molecule is COC(=O)c1c(S)cc(C#N)cc1CCl. The fourth-order valence-corrected chi connectivity index (χ4v) is 1.78. The van der Waals surface area contributed by atoms with Crippen LogP contribution in [-0.2, 0) is 10.6 Å². The molecule has 15 heavy (non-hydrogen) atoms. The lowest BCUT2D eigenvalue weighted by atomic mass is 10.1. The minimum Gasteiger partial charge on any atom is -0.465 e. The average molecular weight is 242 g/mol. The molecular weight excluding hydrogens is 234 g/mol. The van der Waals surface area contributed by atoms with Crippen molar-refractivity contribution in [3.63, 3.8) is 0 Å². The molecule has 0 aliphatic carbocycles. The molecule has 0 saturated heterocycles. The monoisotopic (exact) mass is 241 g/mol. The van der Waals surface area contributed by atoms with Gasteiger partial charge in [0.1, 0.15) is 0 Å². The van der Waals surface area contributed by atoms with Crippen LogP contribution < -0.4 is 0 Å². The molecule has 78 valence electrons. The van der Waals surface area contributed by atoms with Crippen LogP contribution in [0.15, 0.2) is 17.0 Å². The van der Waals surface area contributed by atoms with Gasteiger partial charge in [-0.05, 0) is 17.7 Å². The minimum atomic E-state index is -0.500. The van der Waals surface area contributed by atoms with Gasteiger partial charge in [-0.2, -0.15) is 5.26 Å². The highest BCUT2D eigenvalue weighted by Gasteiger charge is 2.16. The minimum absolute atomic E-state index is 0.132. The molecule has 0 saturated carbocycles. The molecule has 0 aliphatic heterocycles. The van der Waals surface area contributed by atoms with Crippen molar-refractivity contribution in [1.29, 1.82) is 5.26 Å². The van der Waals surface area contributed by atoms with Crippen molar-refractivity contribution in [2.75, 3.05) is 7.11 Å². The van der Waals surface area contributed by atoms with Crippen LogP contribution in [0.1, 0.15) is 21.5 Å². The third-order valence-corrected chi connectivity index (χ3v) is 2.50. The summed E-state index contributed by atoms with van der Waals surface area (Å²) in [5.74, 6) is -0.367. The standard InChI is InChI=1S/C10H8ClNO2S/c1-14-10(13)9-7(4-11)2-6(5-12)3-8(9)15/h2-3,15H,4H2,1H3. The van der Waals surface area contributed by atoms with Gasteiger partial charge in [0.15, 0.2) is 0 Å². The van der Waals surface area contributed by atoms with Crippen molar-refractivity contribution in [1.82, 2.24) is 0 Å². The van der Waals surface area contributed by atoms with Crippen LogP contribution in [0.3, 0.4) is 0 Å². The number of ether oxygens (including phenoxy) is 1. The highest BCUT2D eigenvalue weighted by molar-refractivity contribution is 7.80. The quantitative estimate of drug-likeness (QED) is 0.491. The van der Waals surface area contributed by atoms with E-state index in [1.54, 1.807) is 6.07 Å². The molecule has 0 fully saturated rings. The number of benzene rings is 1. The Hall–Kier alpha value is -1.18. The first kappa shape index (κ1) is 11.9. The number of thiol groups is 1. The number of esters is 1. The molecule has 0 atom stereocenters. The summed E-state index contributed by atoms with van der Waals surface area (Å²) in [7, 11) is 1.28. The van der Waals surface area contributed by atoms with Crippen LogP contribution in [0.2, 0.25) is 0 Å². The summed E-state index contributed by atoms with van der Waals surface area (Å²) in [6.45, 7) is 0. The van der Waals surface area contributed by atoms with Gasteiger partial charge in [0.05, 0.1) is 24.3 Å². The van der Waals surface area contributed by atoms with E-state index in [9.17, 15) is 4.79 Å². The Morgan fingerprint density at radius 2 is 2.33 bits per heavy atom. The van der Waals surface area contributed by atoms with E-state index in [2.05, 4.69) is 17.4 Å². The molecule has 0 N–H and O–H groups in total. The topological polar surface area (TPSA) is 50.1 Å². The van der Waals surface area contributed by atoms with E-state index in [0.717, 1.165) is 0 Å². The summed E-state index contributed by atoms with van der Waals surface area (Å²) < 4.78 is 4.60. The van der Waals surface area contributed by atoms with Crippen molar-refractivity contribution in [2.24, 2.45) is 0 Å². The molecule has 0 heterocycles. The summed E-state index contributed by atoms with van der Waals surface area (Å²) in [5, 5.41) is 8.73. The van der Waals surface area contributed by atoms with Gasteiger partial charge in [-0.1, -0.05) is 0 Å². The van der Waals surface area contributed by atoms with E-state index in [0.29, 0.717) is 21.6 Å². The number of hydrogen-bond acceptors (Lipinski definition) is 4. The molecule has 1 rings (SSSR count). The first-order valence-corrected chi connectivity index (χ1v) is 5.02. The van der Waals surface area contributed by atoms with Crippen LogP contribution in [0.5, 0.6) is 0 Å². The average Bonchev–Trinajstić information content (AvgIpc) is 2.26. The molecule has 0 aliphatic rings. The maximum atomic E-state index is 11.4. The molecule has 0 spiro atoms. The van der Waals surface area contributed by atoms with E-state index in [1.165, 1.54) is 13.2 Å². The van der Waals surface area contributed by atoms with Gasteiger partial charge in [0, 0.05) is 10.8 Å². The zero-order valence-electron chi connectivity index (χ0n) is 7.95. The smallest absolute Gasteiger partial charge is 0.339 e. The highest BCUT2D eigenvalue weighted by atomic mass is 35.5. The van der Waals surface area contributed by atoms with Crippen LogP contribution in [0.4, 0.5) is 0 Å². The summed E-state index contributed by atoms with van der Waals surface area (Å²) in [6.07, 6.45) is 0. The number of carbonyl (C=O) groups excluding carboxylic acids is 1. The molecule has 1 aromatic carbocycles. The van der Waals surface area contributed by atoms with Crippen LogP contribution in [0.25, 0.3) is 0 Å². The fourth-order valence-electron chi connectivity index (χ4n) is 1.19. The van der Waals surface area contributed by atoms with Crippen LogP contribution in [-0.4, -0.2) is 13.1 Å². The van der Waals surface area contributed by atoms with E-state index in [-0.39, 0.29) is 5.88 Å². The Morgan fingerprint density at radius 1 is 1.67 bits per heavy atom. The maximum absolute atomic E-state index is 11.4. The molecule has 0 amide bonds. The summed E-state index contributed by atoms with van der Waals surface area (Å²) in [6, 6.07) is 5.03. The van der Waals surface area contributed by atoms with Gasteiger partial charge in [0.2, 0.25) is 0 Å². The lowest BCUT2D eigenvalue weighted by Gasteiger charge is -2.08. The lowest BCUT2D eigenvalue weighted by molar-refractivity contribution is 0.0596. The molecule has 3 nitrogen and oxygen atoms in total. The van der Waals surface area contributed by atoms with Crippen molar-refractivity contribution < 1.29 is 9.53 Å². The Balaban J connectivity index is 3.39. The number of nitriles is 1. The van der Waals surface area contributed by atoms with Crippen molar-refractivity contribution in [3.8, 4) is 6.07 Å². The number of hydrogen-bond donors (Lipinski definition) is 1. The third kappa shape index (κ3) is 2.44. The van der Waals surface area contributed by atoms with Gasteiger partial charge in [-0.25, -0.2) is 4.79 Å². The van der Waals surface area contributed by atoms with Crippen molar-refractivity contribution in [2.45, 2.75) is 10.8 Å². The largest absolute Gasteiger partial charge is 0.465 e. The molecule has 0 unspecified atom stereocenters. The molecule has 1 aromatic rings. The predicted molar refractivity (Wildman–Crippen MR) is 59.3 cm³/mol. The van der Waals surface area contributed by atoms with Crippen molar-refractivity contribution in [3.05, 3.63) is 28.8 Å². The van der Waals surface area contributed by atoms with E-state index in [4.69, 9.17) is 16.9 Å². The van der Waals surface area contributed by atoms with E-state index >= 15 is 0 Å². The number of nitrogens with zero attached hydrogens (tertiary/aromatic N) is 1.